The maximum atomic E-state index is 8.24. The van der Waals surface area contributed by atoms with Crippen LogP contribution in [-0.4, -0.2) is 6.08 Å². The van der Waals surface area contributed by atoms with E-state index in [-0.39, 0.29) is 0 Å². The molecule has 0 radical (unpaired) electrons. The van der Waals surface area contributed by atoms with Gasteiger partial charge in [-0.1, -0.05) is 72.8 Å². The van der Waals surface area contributed by atoms with Gasteiger partial charge in [0, 0.05) is 0 Å². The molecule has 0 aliphatic rings. The zero-order valence-electron chi connectivity index (χ0n) is 15.3. The molecule has 0 saturated carbocycles. The van der Waals surface area contributed by atoms with Crippen LogP contribution in [0.4, 0.5) is 0 Å². The Labute approximate surface area is 166 Å². The molecule has 3 heteroatoms. The summed E-state index contributed by atoms with van der Waals surface area (Å²) >= 11 is 0. The summed E-state index contributed by atoms with van der Waals surface area (Å²) in [5.41, 5.74) is 0. The largest absolute Gasteiger partial charge is 0.724 e. The van der Waals surface area contributed by atoms with Crippen LogP contribution < -0.4 is 21.2 Å². The summed E-state index contributed by atoms with van der Waals surface area (Å²) in [6, 6.07) is 43.8. The van der Waals surface area contributed by atoms with Gasteiger partial charge in [0.2, 0.25) is 0 Å². The van der Waals surface area contributed by atoms with E-state index in [0.717, 1.165) is 0 Å². The van der Waals surface area contributed by atoms with Crippen molar-refractivity contribution in [3.8, 4) is 0 Å². The van der Waals surface area contributed by atoms with Gasteiger partial charge in [-0.2, -0.15) is 0 Å². The van der Waals surface area contributed by atoms with E-state index < -0.39 is 7.26 Å². The van der Waals surface area contributed by atoms with E-state index >= 15 is 0 Å². The molecule has 0 heterocycles. The Balaban J connectivity index is 0.000000706. The monoisotopic (exact) mass is 381 g/mol. The molecule has 0 amide bonds. The van der Waals surface area contributed by atoms with Crippen LogP contribution in [0.3, 0.4) is 0 Å². The predicted molar refractivity (Wildman–Crippen MR) is 120 cm³/mol. The lowest BCUT2D eigenvalue weighted by molar-refractivity contribution is 0.569. The van der Waals surface area contributed by atoms with Gasteiger partial charge >= 0.3 is 0 Å². The van der Waals surface area contributed by atoms with Gasteiger partial charge in [-0.05, 0) is 54.6 Å². The van der Waals surface area contributed by atoms with Crippen molar-refractivity contribution in [2.45, 2.75) is 0 Å². The fraction of sp³-hybridized carbons (Fsp3) is 0. The van der Waals surface area contributed by atoms with Crippen LogP contribution in [0.1, 0.15) is 0 Å². The Hall–Kier alpha value is -3.31. The average molecular weight is 381 g/mol. The third-order valence-electron chi connectivity index (χ3n) is 4.57. The molecular formula is C25H20NOP. The minimum Gasteiger partial charge on any atom is -0.724 e. The molecule has 0 N–H and O–H groups in total. The highest BCUT2D eigenvalue weighted by atomic mass is 31.2. The van der Waals surface area contributed by atoms with Crippen molar-refractivity contribution < 1.29 is 4.79 Å². The molecule has 0 aromatic heterocycles. The third-order valence-corrected chi connectivity index (χ3v) is 8.86. The lowest BCUT2D eigenvalue weighted by Gasteiger charge is -2.27. The molecule has 0 saturated heterocycles. The normalized spacial score (nSPS) is 10.3. The van der Waals surface area contributed by atoms with Crippen LogP contribution in [0, 0.1) is 0 Å². The van der Waals surface area contributed by atoms with Gasteiger partial charge in [-0.3, -0.25) is 4.79 Å². The van der Waals surface area contributed by atoms with Crippen molar-refractivity contribution >= 4 is 34.6 Å². The highest BCUT2D eigenvalue weighted by Gasteiger charge is 2.47. The summed E-state index contributed by atoms with van der Waals surface area (Å²) in [5.74, 6) is 0. The molecule has 0 unspecified atom stereocenters. The highest BCUT2D eigenvalue weighted by molar-refractivity contribution is 8.01. The van der Waals surface area contributed by atoms with Crippen molar-refractivity contribution in [1.82, 2.24) is 0 Å². The van der Waals surface area contributed by atoms with E-state index in [1.54, 1.807) is 0 Å². The molecule has 2 nitrogen and oxygen atoms in total. The minimum absolute atomic E-state index is 0.500. The Bertz CT molecular complexity index is 850. The van der Waals surface area contributed by atoms with Gasteiger partial charge < -0.3 is 5.41 Å². The summed E-state index contributed by atoms with van der Waals surface area (Å²) in [5, 5.41) is 12.3. The van der Waals surface area contributed by atoms with Crippen molar-refractivity contribution in [2.24, 2.45) is 0 Å². The molecule has 0 aliphatic heterocycles. The van der Waals surface area contributed by atoms with E-state index in [9.17, 15) is 0 Å². The first-order valence-electron chi connectivity index (χ1n) is 8.96. The third kappa shape index (κ3) is 3.85. The van der Waals surface area contributed by atoms with Crippen LogP contribution in [0.5, 0.6) is 0 Å². The summed E-state index contributed by atoms with van der Waals surface area (Å²) in [6.45, 7) is 0. The molecule has 136 valence electrons. The Kier molecular flexibility index (Phi) is 6.65. The molecule has 4 aromatic rings. The molecule has 0 fully saturated rings. The van der Waals surface area contributed by atoms with E-state index in [0.29, 0.717) is 6.08 Å². The Morgan fingerprint density at radius 1 is 0.464 bits per heavy atom. The van der Waals surface area contributed by atoms with Gasteiger partial charge in [0.1, 0.15) is 28.5 Å². The quantitative estimate of drug-likeness (QED) is 0.297. The zero-order chi connectivity index (χ0) is 19.7. The van der Waals surface area contributed by atoms with Crippen molar-refractivity contribution in [3.05, 3.63) is 127 Å². The number of nitrogens with zero attached hydrogens (tertiary/aromatic N) is 1. The number of benzene rings is 4. The van der Waals surface area contributed by atoms with Crippen LogP contribution in [-0.2, 0) is 4.79 Å². The summed E-state index contributed by atoms with van der Waals surface area (Å²) in [7, 11) is -1.91. The van der Waals surface area contributed by atoms with Gasteiger partial charge in [0.05, 0.1) is 0 Å². The van der Waals surface area contributed by atoms with Crippen LogP contribution in [0.25, 0.3) is 5.41 Å². The summed E-state index contributed by atoms with van der Waals surface area (Å²) in [6.07, 6.45) is 0.500. The number of carbonyl (C=O) groups excluding carboxylic acids is 1. The van der Waals surface area contributed by atoms with E-state index in [1.165, 1.54) is 21.2 Å². The second-order valence-corrected chi connectivity index (χ2v) is 9.51. The van der Waals surface area contributed by atoms with Gasteiger partial charge in [0.15, 0.2) is 0 Å². The van der Waals surface area contributed by atoms with Crippen LogP contribution in [0.15, 0.2) is 121 Å². The topological polar surface area (TPSA) is 39.4 Å². The van der Waals surface area contributed by atoms with Gasteiger partial charge in [-0.15, -0.1) is 0 Å². The smallest absolute Gasteiger partial charge is 0.144 e. The average Bonchev–Trinajstić information content (AvgIpc) is 2.78. The fourth-order valence-electron chi connectivity index (χ4n) is 3.50. The number of isocyanates is 1. The standard InChI is InChI=1S/C24H20P.CNO/c1-5-13-21(14-6-1)25(22-15-7-2-8-16-22,23-17-9-3-10-18-23)24-19-11-4-12-20-24;2-1-3/h1-20H;/q+1;-1. The number of hydrogen-bond acceptors (Lipinski definition) is 1. The maximum Gasteiger partial charge on any atom is 0.144 e. The number of rotatable bonds is 4. The molecule has 0 aliphatic carbocycles. The SMILES string of the molecule is [N-]=C=O.c1ccc([P+](c2ccccc2)(c2ccccc2)c2ccccc2)cc1. The van der Waals surface area contributed by atoms with Crippen molar-refractivity contribution in [3.63, 3.8) is 0 Å². The fourth-order valence-corrected chi connectivity index (χ4v) is 7.77. The van der Waals surface area contributed by atoms with E-state index in [2.05, 4.69) is 121 Å². The summed E-state index contributed by atoms with van der Waals surface area (Å²) in [4.78, 5) is 8.24. The Morgan fingerprint density at radius 2 is 0.643 bits per heavy atom. The molecular weight excluding hydrogens is 361 g/mol. The zero-order valence-corrected chi connectivity index (χ0v) is 16.2. The van der Waals surface area contributed by atoms with Gasteiger partial charge in [0.25, 0.3) is 0 Å². The lowest BCUT2D eigenvalue weighted by atomic mass is 10.3. The second kappa shape index (κ2) is 9.58. The minimum atomic E-state index is -1.91. The first kappa shape index (κ1) is 19.5. The first-order valence-corrected chi connectivity index (χ1v) is 10.8. The van der Waals surface area contributed by atoms with Crippen molar-refractivity contribution in [1.29, 1.82) is 0 Å². The second-order valence-electron chi connectivity index (χ2n) is 6.10. The maximum absolute atomic E-state index is 8.24. The summed E-state index contributed by atoms with van der Waals surface area (Å²) < 4.78 is 0. The highest BCUT2D eigenvalue weighted by Crippen LogP contribution is 2.53. The van der Waals surface area contributed by atoms with Crippen molar-refractivity contribution in [2.75, 3.05) is 0 Å². The van der Waals surface area contributed by atoms with Crippen LogP contribution in [0.2, 0.25) is 0 Å². The Morgan fingerprint density at radius 3 is 0.821 bits per heavy atom. The van der Waals surface area contributed by atoms with Gasteiger partial charge in [-0.25, -0.2) is 0 Å². The number of hydrogen-bond donors (Lipinski definition) is 0. The lowest BCUT2D eigenvalue weighted by Crippen LogP contribution is -2.38. The predicted octanol–water partition coefficient (Wildman–Crippen LogP) is 4.20. The molecule has 0 atom stereocenters. The molecule has 4 aromatic carbocycles. The molecule has 0 bridgehead atoms. The van der Waals surface area contributed by atoms with Crippen LogP contribution >= 0.6 is 7.26 Å². The molecule has 0 spiro atoms. The first-order chi connectivity index (χ1) is 13.8. The molecule has 28 heavy (non-hydrogen) atoms. The van der Waals surface area contributed by atoms with E-state index in [4.69, 9.17) is 10.2 Å². The molecule has 4 rings (SSSR count). The van der Waals surface area contributed by atoms with E-state index in [1.807, 2.05) is 0 Å².